The molecule has 0 unspecified atom stereocenters. The van der Waals surface area contributed by atoms with E-state index in [9.17, 15) is 13.2 Å². The van der Waals surface area contributed by atoms with Crippen LogP contribution < -0.4 is 0 Å². The predicted octanol–water partition coefficient (Wildman–Crippen LogP) is 1.16. The van der Waals surface area contributed by atoms with Crippen molar-refractivity contribution in [2.24, 2.45) is 5.41 Å². The standard InChI is InChI=1S/C18H27N3O4S/c1-3-16-5-4-15(12-19-16)17(22)20-8-6-18(7-9-20)13-21(26(2,23)24)10-11-25-14-18/h4-5,12H,3,6-11,13-14H2,1-2H3. The molecule has 1 amide bonds. The van der Waals surface area contributed by atoms with Gasteiger partial charge < -0.3 is 9.64 Å². The molecular weight excluding hydrogens is 354 g/mol. The molecule has 0 bridgehead atoms. The molecule has 2 aliphatic heterocycles. The van der Waals surface area contributed by atoms with Gasteiger partial charge in [-0.25, -0.2) is 8.42 Å². The van der Waals surface area contributed by atoms with Gasteiger partial charge >= 0.3 is 0 Å². The molecule has 1 spiro atoms. The summed E-state index contributed by atoms with van der Waals surface area (Å²) < 4.78 is 31.2. The number of ether oxygens (including phenoxy) is 1. The quantitative estimate of drug-likeness (QED) is 0.785. The van der Waals surface area contributed by atoms with Crippen LogP contribution in [0.15, 0.2) is 18.3 Å². The monoisotopic (exact) mass is 381 g/mol. The molecular formula is C18H27N3O4S. The molecule has 2 saturated heterocycles. The minimum absolute atomic E-state index is 0.00971. The van der Waals surface area contributed by atoms with E-state index in [2.05, 4.69) is 4.98 Å². The van der Waals surface area contributed by atoms with E-state index in [0.717, 1.165) is 25.0 Å². The van der Waals surface area contributed by atoms with Crippen molar-refractivity contribution in [1.82, 2.24) is 14.2 Å². The topological polar surface area (TPSA) is 79.8 Å². The molecule has 144 valence electrons. The lowest BCUT2D eigenvalue weighted by Gasteiger charge is -2.42. The molecule has 3 rings (SSSR count). The van der Waals surface area contributed by atoms with Crippen LogP contribution in [0.4, 0.5) is 0 Å². The molecule has 0 radical (unpaired) electrons. The predicted molar refractivity (Wildman–Crippen MR) is 98.4 cm³/mol. The molecule has 2 fully saturated rings. The maximum Gasteiger partial charge on any atom is 0.255 e. The normalized spacial score (nSPS) is 21.5. The number of amides is 1. The zero-order valence-electron chi connectivity index (χ0n) is 15.5. The number of aromatic nitrogens is 1. The Morgan fingerprint density at radius 1 is 1.27 bits per heavy atom. The summed E-state index contributed by atoms with van der Waals surface area (Å²) in [6.07, 6.45) is 5.22. The number of hydrogen-bond acceptors (Lipinski definition) is 5. The molecule has 0 aromatic carbocycles. The minimum Gasteiger partial charge on any atom is -0.379 e. The first-order valence-corrected chi connectivity index (χ1v) is 10.9. The van der Waals surface area contributed by atoms with Crippen LogP contribution in [0, 0.1) is 5.41 Å². The third kappa shape index (κ3) is 4.24. The van der Waals surface area contributed by atoms with E-state index >= 15 is 0 Å². The summed E-state index contributed by atoms with van der Waals surface area (Å²) in [5.74, 6) is -0.00971. The lowest BCUT2D eigenvalue weighted by molar-refractivity contribution is 0.0179. The SMILES string of the molecule is CCc1ccc(C(=O)N2CCC3(CC2)COCCN(S(C)(=O)=O)C3)cn1. The fourth-order valence-electron chi connectivity index (χ4n) is 3.67. The molecule has 1 aromatic rings. The van der Waals surface area contributed by atoms with Gasteiger partial charge in [0.05, 0.1) is 25.0 Å². The second-order valence-electron chi connectivity index (χ2n) is 7.33. The van der Waals surface area contributed by atoms with E-state index in [0.29, 0.717) is 45.0 Å². The highest BCUT2D eigenvalue weighted by Crippen LogP contribution is 2.35. The van der Waals surface area contributed by atoms with Crippen LogP contribution in [0.3, 0.4) is 0 Å². The Hall–Kier alpha value is -1.51. The fourth-order valence-corrected chi connectivity index (χ4v) is 4.58. The van der Waals surface area contributed by atoms with Gasteiger partial charge in [0.15, 0.2) is 0 Å². The van der Waals surface area contributed by atoms with Crippen LogP contribution >= 0.6 is 0 Å². The van der Waals surface area contributed by atoms with Gasteiger partial charge in [0.1, 0.15) is 0 Å². The first-order valence-electron chi connectivity index (χ1n) is 9.10. The van der Waals surface area contributed by atoms with E-state index in [-0.39, 0.29) is 11.3 Å². The Balaban J connectivity index is 1.66. The van der Waals surface area contributed by atoms with Gasteiger partial charge in [-0.1, -0.05) is 6.92 Å². The summed E-state index contributed by atoms with van der Waals surface area (Å²) in [6, 6.07) is 3.72. The lowest BCUT2D eigenvalue weighted by atomic mass is 9.79. The van der Waals surface area contributed by atoms with Crippen LogP contribution in [-0.4, -0.2) is 74.2 Å². The van der Waals surface area contributed by atoms with Crippen molar-refractivity contribution in [2.45, 2.75) is 26.2 Å². The van der Waals surface area contributed by atoms with Gasteiger partial charge in [-0.15, -0.1) is 0 Å². The van der Waals surface area contributed by atoms with Gasteiger partial charge in [0, 0.05) is 43.5 Å². The highest BCUT2D eigenvalue weighted by atomic mass is 32.2. The molecule has 0 aliphatic carbocycles. The van der Waals surface area contributed by atoms with Gasteiger partial charge in [-0.3, -0.25) is 9.78 Å². The number of rotatable bonds is 3. The summed E-state index contributed by atoms with van der Waals surface area (Å²) in [5.41, 5.74) is 1.37. The number of likely N-dealkylation sites (tertiary alicyclic amines) is 1. The molecule has 0 N–H and O–H groups in total. The van der Waals surface area contributed by atoms with E-state index in [1.807, 2.05) is 24.0 Å². The average molecular weight is 381 g/mol. The molecule has 3 heterocycles. The Kier molecular flexibility index (Phi) is 5.64. The Morgan fingerprint density at radius 2 is 2.00 bits per heavy atom. The van der Waals surface area contributed by atoms with Crippen LogP contribution in [-0.2, 0) is 21.2 Å². The van der Waals surface area contributed by atoms with Crippen molar-refractivity contribution in [1.29, 1.82) is 0 Å². The van der Waals surface area contributed by atoms with Crippen molar-refractivity contribution in [3.63, 3.8) is 0 Å². The minimum atomic E-state index is -3.24. The third-order valence-corrected chi connectivity index (χ3v) is 6.67. The summed E-state index contributed by atoms with van der Waals surface area (Å²) >= 11 is 0. The summed E-state index contributed by atoms with van der Waals surface area (Å²) in [7, 11) is -3.24. The maximum atomic E-state index is 12.7. The summed E-state index contributed by atoms with van der Waals surface area (Å²) in [4.78, 5) is 18.9. The second kappa shape index (κ2) is 7.62. The zero-order valence-corrected chi connectivity index (χ0v) is 16.3. The van der Waals surface area contributed by atoms with Gasteiger partial charge in [0.2, 0.25) is 10.0 Å². The highest BCUT2D eigenvalue weighted by molar-refractivity contribution is 7.88. The van der Waals surface area contributed by atoms with Crippen LogP contribution in [0.1, 0.15) is 35.8 Å². The molecule has 7 nitrogen and oxygen atoms in total. The van der Waals surface area contributed by atoms with E-state index < -0.39 is 10.0 Å². The second-order valence-corrected chi connectivity index (χ2v) is 9.32. The fraction of sp³-hybridized carbons (Fsp3) is 0.667. The van der Waals surface area contributed by atoms with Crippen molar-refractivity contribution in [3.05, 3.63) is 29.6 Å². The smallest absolute Gasteiger partial charge is 0.255 e. The number of carbonyl (C=O) groups excluding carboxylic acids is 1. The Labute approximate surface area is 155 Å². The molecule has 0 atom stereocenters. The van der Waals surface area contributed by atoms with Crippen molar-refractivity contribution >= 4 is 15.9 Å². The highest BCUT2D eigenvalue weighted by Gasteiger charge is 2.41. The molecule has 2 aliphatic rings. The molecule has 0 saturated carbocycles. The Bertz CT molecular complexity index is 740. The van der Waals surface area contributed by atoms with E-state index in [1.54, 1.807) is 6.20 Å². The number of aryl methyl sites for hydroxylation is 1. The van der Waals surface area contributed by atoms with Crippen LogP contribution in [0.5, 0.6) is 0 Å². The van der Waals surface area contributed by atoms with Gasteiger partial charge in [0.25, 0.3) is 5.91 Å². The first kappa shape index (κ1) is 19.3. The summed E-state index contributed by atoms with van der Waals surface area (Å²) in [6.45, 7) is 5.09. The van der Waals surface area contributed by atoms with Crippen LogP contribution in [0.25, 0.3) is 0 Å². The Morgan fingerprint density at radius 3 is 2.58 bits per heavy atom. The van der Waals surface area contributed by atoms with Gasteiger partial charge in [-0.05, 0) is 31.4 Å². The number of carbonyl (C=O) groups is 1. The van der Waals surface area contributed by atoms with E-state index in [4.69, 9.17) is 4.74 Å². The van der Waals surface area contributed by atoms with Crippen molar-refractivity contribution in [2.75, 3.05) is 45.6 Å². The maximum absolute atomic E-state index is 12.7. The zero-order chi connectivity index (χ0) is 18.8. The van der Waals surface area contributed by atoms with Crippen LogP contribution in [0.2, 0.25) is 0 Å². The molecule has 1 aromatic heterocycles. The average Bonchev–Trinajstić information content (AvgIpc) is 2.85. The number of sulfonamides is 1. The first-order chi connectivity index (χ1) is 12.3. The third-order valence-electron chi connectivity index (χ3n) is 5.42. The largest absolute Gasteiger partial charge is 0.379 e. The number of nitrogens with zero attached hydrogens (tertiary/aromatic N) is 3. The van der Waals surface area contributed by atoms with E-state index in [1.165, 1.54) is 10.6 Å². The number of pyridine rings is 1. The summed E-state index contributed by atoms with van der Waals surface area (Å²) in [5, 5.41) is 0. The number of piperidine rings is 1. The molecule has 26 heavy (non-hydrogen) atoms. The van der Waals surface area contributed by atoms with Gasteiger partial charge in [-0.2, -0.15) is 4.31 Å². The molecule has 8 heteroatoms. The van der Waals surface area contributed by atoms with Crippen molar-refractivity contribution < 1.29 is 17.9 Å². The lowest BCUT2D eigenvalue weighted by Crippen LogP contribution is -2.49. The van der Waals surface area contributed by atoms with Crippen molar-refractivity contribution in [3.8, 4) is 0 Å². The number of hydrogen-bond donors (Lipinski definition) is 0.